The molecule has 3 rings (SSSR count). The smallest absolute Gasteiger partial charge is 0.261 e. The number of rotatable bonds is 8. The minimum absolute atomic E-state index is 0.0958. The van der Waals surface area contributed by atoms with Gasteiger partial charge in [-0.1, -0.05) is 30.6 Å². The molecule has 0 aliphatic heterocycles. The van der Waals surface area contributed by atoms with Crippen molar-refractivity contribution >= 4 is 49.1 Å². The maximum Gasteiger partial charge on any atom is 0.261 e. The van der Waals surface area contributed by atoms with Crippen LogP contribution in [0.2, 0.25) is 0 Å². The molecule has 27 heavy (non-hydrogen) atoms. The first-order valence-electron chi connectivity index (χ1n) is 9.83. The molecular formula is C19H28N4O2S2. The molecule has 2 aromatic rings. The highest BCUT2D eigenvalue weighted by Gasteiger charge is 2.20. The molecule has 8 heteroatoms. The second kappa shape index (κ2) is 9.50. The fourth-order valence-electron chi connectivity index (χ4n) is 3.42. The van der Waals surface area contributed by atoms with Crippen molar-refractivity contribution in [3.05, 3.63) is 10.9 Å². The summed E-state index contributed by atoms with van der Waals surface area (Å²) >= 11 is 3.05. The Morgan fingerprint density at radius 3 is 2.48 bits per heavy atom. The Morgan fingerprint density at radius 2 is 1.81 bits per heavy atom. The number of hydrogen-bond acceptors (Lipinski definition) is 6. The van der Waals surface area contributed by atoms with Gasteiger partial charge in [0.15, 0.2) is 5.13 Å². The van der Waals surface area contributed by atoms with Gasteiger partial charge in [-0.15, -0.1) is 11.3 Å². The van der Waals surface area contributed by atoms with Crippen molar-refractivity contribution in [2.24, 2.45) is 5.92 Å². The standard InChI is InChI=1S/C19H28N4O2S2/c1-3-23(4-2)19-22-18-15(27-19)12-14(26-18)17(25)21-11-10-20-16(24)13-8-6-5-7-9-13/h12-13H,3-11H2,1-2H3,(H,20,24)(H,21,25). The second-order valence-electron chi connectivity index (χ2n) is 6.83. The summed E-state index contributed by atoms with van der Waals surface area (Å²) in [7, 11) is 0. The number of thiazole rings is 1. The van der Waals surface area contributed by atoms with Crippen LogP contribution in [0.5, 0.6) is 0 Å². The van der Waals surface area contributed by atoms with E-state index in [2.05, 4.69) is 34.4 Å². The summed E-state index contributed by atoms with van der Waals surface area (Å²) in [6.45, 7) is 7.01. The Bertz CT molecular complexity index is 744. The zero-order chi connectivity index (χ0) is 19.2. The maximum absolute atomic E-state index is 12.3. The van der Waals surface area contributed by atoms with Crippen molar-refractivity contribution in [3.63, 3.8) is 0 Å². The van der Waals surface area contributed by atoms with Crippen LogP contribution >= 0.6 is 22.7 Å². The van der Waals surface area contributed by atoms with Gasteiger partial charge in [-0.25, -0.2) is 4.98 Å². The first kappa shape index (κ1) is 20.1. The molecule has 0 atom stereocenters. The Kier molecular flexibility index (Phi) is 7.07. The van der Waals surface area contributed by atoms with Gasteiger partial charge in [0.2, 0.25) is 5.91 Å². The maximum atomic E-state index is 12.3. The van der Waals surface area contributed by atoms with Crippen LogP contribution in [-0.4, -0.2) is 43.0 Å². The number of fused-ring (bicyclic) bond motifs is 1. The van der Waals surface area contributed by atoms with Gasteiger partial charge in [0.1, 0.15) is 4.83 Å². The van der Waals surface area contributed by atoms with Crippen molar-refractivity contribution < 1.29 is 9.59 Å². The lowest BCUT2D eigenvalue weighted by atomic mass is 9.89. The number of carbonyl (C=O) groups excluding carboxylic acids is 2. The SMILES string of the molecule is CCN(CC)c1nc2sc(C(=O)NCCNC(=O)C3CCCCC3)cc2s1. The second-order valence-corrected chi connectivity index (χ2v) is 8.87. The molecule has 1 aliphatic carbocycles. The van der Waals surface area contributed by atoms with E-state index in [0.717, 1.165) is 53.4 Å². The third-order valence-corrected chi connectivity index (χ3v) is 7.24. The van der Waals surface area contributed by atoms with Crippen LogP contribution in [0, 0.1) is 5.92 Å². The summed E-state index contributed by atoms with van der Waals surface area (Å²) in [4.78, 5) is 32.9. The largest absolute Gasteiger partial charge is 0.354 e. The number of carbonyl (C=O) groups is 2. The highest BCUT2D eigenvalue weighted by atomic mass is 32.1. The summed E-state index contributed by atoms with van der Waals surface area (Å²) in [5.74, 6) is 0.194. The topological polar surface area (TPSA) is 74.3 Å². The minimum atomic E-state index is -0.0958. The minimum Gasteiger partial charge on any atom is -0.354 e. The molecule has 6 nitrogen and oxygen atoms in total. The lowest BCUT2D eigenvalue weighted by molar-refractivity contribution is -0.125. The van der Waals surface area contributed by atoms with Crippen LogP contribution in [0.15, 0.2) is 6.07 Å². The van der Waals surface area contributed by atoms with E-state index in [9.17, 15) is 9.59 Å². The molecule has 0 radical (unpaired) electrons. The number of thiophene rings is 1. The lowest BCUT2D eigenvalue weighted by Crippen LogP contribution is -2.38. The van der Waals surface area contributed by atoms with Gasteiger partial charge in [-0.2, -0.15) is 0 Å². The van der Waals surface area contributed by atoms with Crippen LogP contribution in [-0.2, 0) is 4.79 Å². The van der Waals surface area contributed by atoms with E-state index in [4.69, 9.17) is 0 Å². The molecule has 0 bridgehead atoms. The molecule has 0 aromatic carbocycles. The molecular weight excluding hydrogens is 380 g/mol. The molecule has 0 saturated heterocycles. The van der Waals surface area contributed by atoms with Crippen molar-refractivity contribution in [1.29, 1.82) is 0 Å². The van der Waals surface area contributed by atoms with Crippen LogP contribution in [0.3, 0.4) is 0 Å². The van der Waals surface area contributed by atoms with Gasteiger partial charge >= 0.3 is 0 Å². The third kappa shape index (κ3) is 4.99. The number of anilines is 1. The number of hydrogen-bond donors (Lipinski definition) is 2. The zero-order valence-corrected chi connectivity index (χ0v) is 17.7. The Morgan fingerprint density at radius 1 is 1.11 bits per heavy atom. The van der Waals surface area contributed by atoms with Crippen molar-refractivity contribution in [1.82, 2.24) is 15.6 Å². The van der Waals surface area contributed by atoms with Crippen molar-refractivity contribution in [2.75, 3.05) is 31.1 Å². The van der Waals surface area contributed by atoms with Gasteiger partial charge in [0.25, 0.3) is 5.91 Å². The van der Waals surface area contributed by atoms with Gasteiger partial charge in [-0.05, 0) is 32.8 Å². The monoisotopic (exact) mass is 408 g/mol. The summed E-state index contributed by atoms with van der Waals surface area (Å²) in [6.07, 6.45) is 5.52. The van der Waals surface area contributed by atoms with Gasteiger partial charge in [-0.3, -0.25) is 9.59 Å². The summed E-state index contributed by atoms with van der Waals surface area (Å²) < 4.78 is 1.05. The van der Waals surface area contributed by atoms with E-state index in [0.29, 0.717) is 18.0 Å². The highest BCUT2D eigenvalue weighted by Crippen LogP contribution is 2.34. The van der Waals surface area contributed by atoms with Gasteiger partial charge in [0, 0.05) is 32.1 Å². The Hall–Kier alpha value is -1.67. The number of amides is 2. The van der Waals surface area contributed by atoms with Gasteiger partial charge in [0.05, 0.1) is 9.58 Å². The number of nitrogens with zero attached hydrogens (tertiary/aromatic N) is 2. The molecule has 1 fully saturated rings. The highest BCUT2D eigenvalue weighted by molar-refractivity contribution is 7.29. The predicted molar refractivity (Wildman–Crippen MR) is 113 cm³/mol. The van der Waals surface area contributed by atoms with E-state index < -0.39 is 0 Å². The molecule has 2 N–H and O–H groups in total. The van der Waals surface area contributed by atoms with E-state index in [1.165, 1.54) is 17.8 Å². The molecule has 1 saturated carbocycles. The van der Waals surface area contributed by atoms with Gasteiger partial charge < -0.3 is 15.5 Å². The quantitative estimate of drug-likeness (QED) is 0.654. The molecule has 2 aromatic heterocycles. The summed E-state index contributed by atoms with van der Waals surface area (Å²) in [5.41, 5.74) is 0. The Labute approximate surface area is 168 Å². The predicted octanol–water partition coefficient (Wildman–Crippen LogP) is 3.63. The van der Waals surface area contributed by atoms with Crippen molar-refractivity contribution in [3.8, 4) is 0 Å². The molecule has 2 heterocycles. The normalized spacial score (nSPS) is 15.0. The average molecular weight is 409 g/mol. The average Bonchev–Trinajstić information content (AvgIpc) is 3.26. The van der Waals surface area contributed by atoms with E-state index in [-0.39, 0.29) is 17.7 Å². The number of nitrogens with one attached hydrogen (secondary N) is 2. The van der Waals surface area contributed by atoms with Crippen LogP contribution in [0.1, 0.15) is 55.6 Å². The van der Waals surface area contributed by atoms with Crippen molar-refractivity contribution in [2.45, 2.75) is 46.0 Å². The zero-order valence-electron chi connectivity index (χ0n) is 16.0. The first-order chi connectivity index (χ1) is 13.1. The molecule has 148 valence electrons. The van der Waals surface area contributed by atoms with E-state index >= 15 is 0 Å². The molecule has 0 unspecified atom stereocenters. The number of aromatic nitrogens is 1. The Balaban J connectivity index is 1.46. The fourth-order valence-corrected chi connectivity index (χ4v) is 5.68. The van der Waals surface area contributed by atoms with Crippen LogP contribution < -0.4 is 15.5 Å². The van der Waals surface area contributed by atoms with Crippen LogP contribution in [0.4, 0.5) is 5.13 Å². The van der Waals surface area contributed by atoms with E-state index in [1.54, 1.807) is 11.3 Å². The first-order valence-corrected chi connectivity index (χ1v) is 11.5. The molecule has 1 aliphatic rings. The third-order valence-electron chi connectivity index (χ3n) is 5.02. The molecule has 2 amide bonds. The van der Waals surface area contributed by atoms with E-state index in [1.807, 2.05) is 6.07 Å². The van der Waals surface area contributed by atoms with Crippen LogP contribution in [0.25, 0.3) is 9.53 Å². The summed E-state index contributed by atoms with van der Waals surface area (Å²) in [6, 6.07) is 1.92. The lowest BCUT2D eigenvalue weighted by Gasteiger charge is -2.20. The fraction of sp³-hybridized carbons (Fsp3) is 0.632. The summed E-state index contributed by atoms with van der Waals surface area (Å²) in [5, 5.41) is 6.85. The molecule has 0 spiro atoms.